The fraction of sp³-hybridized carbons (Fsp3) is 0.0833. The number of phenols is 1. The lowest BCUT2D eigenvalue weighted by atomic mass is 10.2. The fourth-order valence-corrected chi connectivity index (χ4v) is 1.21. The van der Waals surface area contributed by atoms with Gasteiger partial charge >= 0.3 is 0 Å². The van der Waals surface area contributed by atoms with Gasteiger partial charge in [0.25, 0.3) is 0 Å². The van der Waals surface area contributed by atoms with Crippen molar-refractivity contribution >= 4 is 0 Å². The third-order valence-corrected chi connectivity index (χ3v) is 2.04. The molecule has 1 aromatic carbocycles. The quantitative estimate of drug-likeness (QED) is 0.806. The number of nitrogens with zero attached hydrogens (tertiary/aromatic N) is 1. The highest BCUT2D eigenvalue weighted by Gasteiger charge is 1.97. The van der Waals surface area contributed by atoms with E-state index in [4.69, 9.17) is 9.84 Å². The number of hydrogen-bond donors (Lipinski definition) is 1. The second-order valence-electron chi connectivity index (χ2n) is 3.27. The molecule has 82 valence electrons. The molecule has 0 aliphatic rings. The van der Waals surface area contributed by atoms with Crippen LogP contribution in [-0.4, -0.2) is 10.1 Å². The van der Waals surface area contributed by atoms with Gasteiger partial charge in [-0.1, -0.05) is 12.1 Å². The van der Waals surface area contributed by atoms with Crippen LogP contribution in [0.2, 0.25) is 0 Å². The molecule has 3 nitrogen and oxygen atoms in total. The average molecular weight is 219 g/mol. The van der Waals surface area contributed by atoms with E-state index in [2.05, 4.69) is 4.98 Å². The Morgan fingerprint density at radius 2 is 1.88 bits per heavy atom. The minimum atomic E-state index is -0.531. The molecule has 0 saturated heterocycles. The molecule has 2 aromatic rings. The summed E-state index contributed by atoms with van der Waals surface area (Å²) >= 11 is 0. The standard InChI is InChI=1S/C12H10FNO2/c13-12-6-5-11(7-14-12)16-8-9-1-3-10(15)4-2-9/h1-7,15H,8H2. The topological polar surface area (TPSA) is 42.4 Å². The number of benzene rings is 1. The molecule has 0 atom stereocenters. The number of hydrogen-bond acceptors (Lipinski definition) is 3. The lowest BCUT2D eigenvalue weighted by molar-refractivity contribution is 0.303. The summed E-state index contributed by atoms with van der Waals surface area (Å²) in [4.78, 5) is 3.47. The maximum atomic E-state index is 12.5. The monoisotopic (exact) mass is 219 g/mol. The zero-order valence-electron chi connectivity index (χ0n) is 8.43. The van der Waals surface area contributed by atoms with Crippen LogP contribution in [0.15, 0.2) is 42.6 Å². The van der Waals surface area contributed by atoms with Crippen LogP contribution in [0.4, 0.5) is 4.39 Å². The van der Waals surface area contributed by atoms with Crippen LogP contribution in [0.5, 0.6) is 11.5 Å². The molecule has 0 spiro atoms. The minimum absolute atomic E-state index is 0.215. The van der Waals surface area contributed by atoms with Crippen molar-refractivity contribution in [3.63, 3.8) is 0 Å². The van der Waals surface area contributed by atoms with E-state index >= 15 is 0 Å². The predicted molar refractivity (Wildman–Crippen MR) is 56.6 cm³/mol. The van der Waals surface area contributed by atoms with E-state index in [-0.39, 0.29) is 5.75 Å². The first kappa shape index (κ1) is 10.4. The Bertz CT molecular complexity index is 408. The predicted octanol–water partition coefficient (Wildman–Crippen LogP) is 2.51. The summed E-state index contributed by atoms with van der Waals surface area (Å²) in [7, 11) is 0. The van der Waals surface area contributed by atoms with Crippen molar-refractivity contribution < 1.29 is 14.2 Å². The Morgan fingerprint density at radius 3 is 2.50 bits per heavy atom. The summed E-state index contributed by atoms with van der Waals surface area (Å²) in [6, 6.07) is 9.44. The summed E-state index contributed by atoms with van der Waals surface area (Å²) in [5, 5.41) is 9.08. The van der Waals surface area contributed by atoms with Gasteiger partial charge in [0.15, 0.2) is 0 Å². The zero-order valence-corrected chi connectivity index (χ0v) is 8.43. The molecule has 0 bridgehead atoms. The highest BCUT2D eigenvalue weighted by molar-refractivity contribution is 5.26. The van der Waals surface area contributed by atoms with E-state index in [1.807, 2.05) is 0 Å². The van der Waals surface area contributed by atoms with Crippen LogP contribution < -0.4 is 4.74 Å². The molecule has 4 heteroatoms. The third kappa shape index (κ3) is 2.70. The van der Waals surface area contributed by atoms with E-state index in [0.717, 1.165) is 5.56 Å². The summed E-state index contributed by atoms with van der Waals surface area (Å²) in [5.74, 6) is 0.193. The van der Waals surface area contributed by atoms with E-state index in [0.29, 0.717) is 12.4 Å². The number of aromatic hydroxyl groups is 1. The summed E-state index contributed by atoms with van der Waals surface area (Å²) in [5.41, 5.74) is 0.919. The Morgan fingerprint density at radius 1 is 1.12 bits per heavy atom. The van der Waals surface area contributed by atoms with Crippen LogP contribution in [0.3, 0.4) is 0 Å². The van der Waals surface area contributed by atoms with Gasteiger partial charge in [0.1, 0.15) is 18.1 Å². The van der Waals surface area contributed by atoms with Gasteiger partial charge in [0.2, 0.25) is 5.95 Å². The van der Waals surface area contributed by atoms with Crippen LogP contribution in [-0.2, 0) is 6.61 Å². The van der Waals surface area contributed by atoms with E-state index in [9.17, 15) is 4.39 Å². The van der Waals surface area contributed by atoms with Crippen molar-refractivity contribution in [3.8, 4) is 11.5 Å². The van der Waals surface area contributed by atoms with Gasteiger partial charge in [-0.05, 0) is 29.8 Å². The summed E-state index contributed by atoms with van der Waals surface area (Å²) < 4.78 is 17.9. The Labute approximate surface area is 92.1 Å². The van der Waals surface area contributed by atoms with Crippen molar-refractivity contribution in [2.75, 3.05) is 0 Å². The number of rotatable bonds is 3. The second kappa shape index (κ2) is 4.61. The molecule has 1 heterocycles. The van der Waals surface area contributed by atoms with Crippen molar-refractivity contribution in [2.24, 2.45) is 0 Å². The second-order valence-corrected chi connectivity index (χ2v) is 3.27. The number of pyridine rings is 1. The van der Waals surface area contributed by atoms with Gasteiger partial charge in [-0.25, -0.2) is 4.98 Å². The van der Waals surface area contributed by atoms with Gasteiger partial charge < -0.3 is 9.84 Å². The highest BCUT2D eigenvalue weighted by Crippen LogP contribution is 2.13. The Hall–Kier alpha value is -2.10. The Balaban J connectivity index is 1.97. The molecule has 1 N–H and O–H groups in total. The number of phenolic OH excluding ortho intramolecular Hbond substituents is 1. The van der Waals surface area contributed by atoms with Crippen LogP contribution >= 0.6 is 0 Å². The molecule has 0 radical (unpaired) electrons. The number of aromatic nitrogens is 1. The average Bonchev–Trinajstić information content (AvgIpc) is 2.30. The first-order valence-electron chi connectivity index (χ1n) is 4.76. The SMILES string of the molecule is Oc1ccc(COc2ccc(F)nc2)cc1. The number of halogens is 1. The lowest BCUT2D eigenvalue weighted by Crippen LogP contribution is -1.95. The molecule has 0 aliphatic heterocycles. The largest absolute Gasteiger partial charge is 0.508 e. The summed E-state index contributed by atoms with van der Waals surface area (Å²) in [6.45, 7) is 0.355. The van der Waals surface area contributed by atoms with Crippen molar-refractivity contribution in [1.82, 2.24) is 4.98 Å². The maximum Gasteiger partial charge on any atom is 0.213 e. The maximum absolute atomic E-state index is 12.5. The van der Waals surface area contributed by atoms with Crippen molar-refractivity contribution in [2.45, 2.75) is 6.61 Å². The summed E-state index contributed by atoms with van der Waals surface area (Å²) in [6.07, 6.45) is 1.33. The molecule has 16 heavy (non-hydrogen) atoms. The molecule has 0 aliphatic carbocycles. The molecule has 1 aromatic heterocycles. The zero-order chi connectivity index (χ0) is 11.4. The van der Waals surface area contributed by atoms with Gasteiger partial charge in [-0.2, -0.15) is 4.39 Å². The molecular weight excluding hydrogens is 209 g/mol. The first-order chi connectivity index (χ1) is 7.74. The fourth-order valence-electron chi connectivity index (χ4n) is 1.21. The van der Waals surface area contributed by atoms with Gasteiger partial charge in [-0.15, -0.1) is 0 Å². The molecule has 0 fully saturated rings. The molecule has 2 rings (SSSR count). The van der Waals surface area contributed by atoms with E-state index in [1.165, 1.54) is 18.3 Å². The lowest BCUT2D eigenvalue weighted by Gasteiger charge is -2.05. The molecule has 0 unspecified atom stereocenters. The van der Waals surface area contributed by atoms with Crippen molar-refractivity contribution in [1.29, 1.82) is 0 Å². The Kier molecular flexibility index (Phi) is 3.00. The van der Waals surface area contributed by atoms with Gasteiger partial charge in [0, 0.05) is 0 Å². The van der Waals surface area contributed by atoms with Gasteiger partial charge in [0.05, 0.1) is 6.20 Å². The van der Waals surface area contributed by atoms with Crippen LogP contribution in [0.1, 0.15) is 5.56 Å². The van der Waals surface area contributed by atoms with E-state index in [1.54, 1.807) is 24.3 Å². The number of ether oxygens (including phenoxy) is 1. The highest BCUT2D eigenvalue weighted by atomic mass is 19.1. The van der Waals surface area contributed by atoms with E-state index < -0.39 is 5.95 Å². The molecular formula is C12H10FNO2. The van der Waals surface area contributed by atoms with Gasteiger partial charge in [-0.3, -0.25) is 0 Å². The van der Waals surface area contributed by atoms with Crippen LogP contribution in [0, 0.1) is 5.95 Å². The van der Waals surface area contributed by atoms with Crippen molar-refractivity contribution in [3.05, 3.63) is 54.1 Å². The van der Waals surface area contributed by atoms with Crippen LogP contribution in [0.25, 0.3) is 0 Å². The molecule has 0 amide bonds. The smallest absolute Gasteiger partial charge is 0.213 e. The normalized spacial score (nSPS) is 10.1. The third-order valence-electron chi connectivity index (χ3n) is 2.04. The minimum Gasteiger partial charge on any atom is -0.508 e. The first-order valence-corrected chi connectivity index (χ1v) is 4.76. The molecule has 0 saturated carbocycles.